The molecule has 7 nitrogen and oxygen atoms in total. The molecular formula is C24H33N5O2. The van der Waals surface area contributed by atoms with E-state index in [2.05, 4.69) is 20.6 Å². The minimum Gasteiger partial charge on any atom is -0.497 e. The zero-order valence-electron chi connectivity index (χ0n) is 18.9. The molecule has 0 unspecified atom stereocenters. The fraction of sp³-hybridized carbons (Fsp3) is 0.542. The standard InChI is InChI=1S/C24H33N5O2/c1-16-15-25-23(28-21(16)29(2)3)27-19-9-7-18(8-10-19)26-22(30)24(13-14-24)17-5-11-20(31-4)12-6-17/h5-6,11-12,15,18-19H,7-10,13-14H2,1-4H3,(H,26,30)(H,25,27,28)/t18-,19+. The molecule has 2 saturated carbocycles. The second-order valence-electron chi connectivity index (χ2n) is 9.07. The van der Waals surface area contributed by atoms with Crippen molar-refractivity contribution >= 4 is 17.7 Å². The summed E-state index contributed by atoms with van der Waals surface area (Å²) >= 11 is 0. The lowest BCUT2D eigenvalue weighted by atomic mass is 9.89. The Hall–Kier alpha value is -2.83. The first-order chi connectivity index (χ1) is 14.9. The van der Waals surface area contributed by atoms with Crippen molar-refractivity contribution in [3.63, 3.8) is 0 Å². The summed E-state index contributed by atoms with van der Waals surface area (Å²) in [5, 5.41) is 6.81. The Morgan fingerprint density at radius 1 is 1.10 bits per heavy atom. The topological polar surface area (TPSA) is 79.4 Å². The van der Waals surface area contributed by atoms with E-state index in [4.69, 9.17) is 4.74 Å². The van der Waals surface area contributed by atoms with E-state index in [-0.39, 0.29) is 17.4 Å². The van der Waals surface area contributed by atoms with Crippen LogP contribution in [0.25, 0.3) is 0 Å². The van der Waals surface area contributed by atoms with Gasteiger partial charge in [-0.3, -0.25) is 4.79 Å². The van der Waals surface area contributed by atoms with Gasteiger partial charge in [-0.2, -0.15) is 4.98 Å². The molecule has 0 bridgehead atoms. The maximum atomic E-state index is 13.1. The van der Waals surface area contributed by atoms with Crippen LogP contribution in [0.15, 0.2) is 30.5 Å². The molecule has 0 saturated heterocycles. The predicted molar refractivity (Wildman–Crippen MR) is 123 cm³/mol. The van der Waals surface area contributed by atoms with Gasteiger partial charge in [0.1, 0.15) is 11.6 Å². The molecule has 0 atom stereocenters. The summed E-state index contributed by atoms with van der Waals surface area (Å²) in [6, 6.07) is 8.49. The minimum absolute atomic E-state index is 0.173. The highest BCUT2D eigenvalue weighted by Crippen LogP contribution is 2.49. The van der Waals surface area contributed by atoms with Crippen LogP contribution in [0, 0.1) is 6.92 Å². The average Bonchev–Trinajstić information content (AvgIpc) is 3.58. The van der Waals surface area contributed by atoms with Gasteiger partial charge in [-0.15, -0.1) is 0 Å². The van der Waals surface area contributed by atoms with Gasteiger partial charge in [0.25, 0.3) is 0 Å². The van der Waals surface area contributed by atoms with Gasteiger partial charge in [-0.05, 0) is 63.1 Å². The van der Waals surface area contributed by atoms with Crippen molar-refractivity contribution in [2.45, 2.75) is 62.9 Å². The Morgan fingerprint density at radius 3 is 2.32 bits per heavy atom. The number of hydrogen-bond acceptors (Lipinski definition) is 6. The number of nitrogens with zero attached hydrogens (tertiary/aromatic N) is 3. The fourth-order valence-corrected chi connectivity index (χ4v) is 4.53. The molecule has 1 amide bonds. The third-order valence-electron chi connectivity index (χ3n) is 6.59. The lowest BCUT2D eigenvalue weighted by Gasteiger charge is -2.31. The molecule has 4 rings (SSSR count). The number of carbonyl (C=O) groups excluding carboxylic acids is 1. The lowest BCUT2D eigenvalue weighted by Crippen LogP contribution is -2.44. The first-order valence-corrected chi connectivity index (χ1v) is 11.1. The van der Waals surface area contributed by atoms with E-state index in [1.807, 2.05) is 56.4 Å². The van der Waals surface area contributed by atoms with Crippen molar-refractivity contribution in [3.8, 4) is 5.75 Å². The van der Waals surface area contributed by atoms with Gasteiger partial charge in [0.05, 0.1) is 12.5 Å². The van der Waals surface area contributed by atoms with Gasteiger partial charge in [0, 0.05) is 37.9 Å². The Balaban J connectivity index is 1.30. The summed E-state index contributed by atoms with van der Waals surface area (Å²) in [4.78, 5) is 24.2. The van der Waals surface area contributed by atoms with Crippen LogP contribution < -0.4 is 20.3 Å². The summed E-state index contributed by atoms with van der Waals surface area (Å²) in [7, 11) is 5.64. The molecule has 1 heterocycles. The van der Waals surface area contributed by atoms with Crippen LogP contribution in [-0.2, 0) is 10.2 Å². The first kappa shape index (κ1) is 21.4. The molecule has 2 fully saturated rings. The SMILES string of the molecule is COc1ccc(C2(C(=O)N[C@H]3CC[C@@H](Nc4ncc(C)c(N(C)C)n4)CC3)CC2)cc1. The number of benzene rings is 1. The third kappa shape index (κ3) is 4.60. The lowest BCUT2D eigenvalue weighted by molar-refractivity contribution is -0.124. The van der Waals surface area contributed by atoms with Gasteiger partial charge in [0.15, 0.2) is 0 Å². The summed E-state index contributed by atoms with van der Waals surface area (Å²) < 4.78 is 5.24. The molecule has 0 spiro atoms. The zero-order chi connectivity index (χ0) is 22.0. The number of hydrogen-bond donors (Lipinski definition) is 2. The van der Waals surface area contributed by atoms with Crippen molar-refractivity contribution < 1.29 is 9.53 Å². The Labute approximate surface area is 184 Å². The van der Waals surface area contributed by atoms with Gasteiger partial charge in [-0.1, -0.05) is 12.1 Å². The quantitative estimate of drug-likeness (QED) is 0.710. The van der Waals surface area contributed by atoms with Crippen LogP contribution in [0.5, 0.6) is 5.75 Å². The fourth-order valence-electron chi connectivity index (χ4n) is 4.53. The van der Waals surface area contributed by atoms with Crippen LogP contribution in [-0.4, -0.2) is 49.2 Å². The van der Waals surface area contributed by atoms with E-state index < -0.39 is 0 Å². The summed E-state index contributed by atoms with van der Waals surface area (Å²) in [6.45, 7) is 2.02. The highest BCUT2D eigenvalue weighted by molar-refractivity contribution is 5.91. The predicted octanol–water partition coefficient (Wildman–Crippen LogP) is 3.43. The number of anilines is 2. The highest BCUT2D eigenvalue weighted by Gasteiger charge is 2.51. The molecule has 1 aromatic carbocycles. The van der Waals surface area contributed by atoms with E-state index in [0.29, 0.717) is 12.0 Å². The third-order valence-corrected chi connectivity index (χ3v) is 6.59. The zero-order valence-corrected chi connectivity index (χ0v) is 18.9. The second-order valence-corrected chi connectivity index (χ2v) is 9.07. The van der Waals surface area contributed by atoms with E-state index in [1.165, 1.54) is 0 Å². The summed E-state index contributed by atoms with van der Waals surface area (Å²) in [5.74, 6) is 2.61. The monoisotopic (exact) mass is 423 g/mol. The number of aryl methyl sites for hydroxylation is 1. The normalized spacial score (nSPS) is 21.8. The smallest absolute Gasteiger partial charge is 0.230 e. The van der Waals surface area contributed by atoms with Gasteiger partial charge >= 0.3 is 0 Å². The number of ether oxygens (including phenoxy) is 1. The van der Waals surface area contributed by atoms with Crippen LogP contribution >= 0.6 is 0 Å². The average molecular weight is 424 g/mol. The molecule has 2 N–H and O–H groups in total. The molecule has 0 radical (unpaired) electrons. The van der Waals surface area contributed by atoms with Crippen molar-refractivity contribution in [1.29, 1.82) is 0 Å². The molecule has 31 heavy (non-hydrogen) atoms. The van der Waals surface area contributed by atoms with E-state index in [9.17, 15) is 4.79 Å². The molecule has 2 aromatic rings. The van der Waals surface area contributed by atoms with Gasteiger partial charge in [-0.25, -0.2) is 4.98 Å². The Bertz CT molecular complexity index is 916. The molecule has 2 aliphatic rings. The largest absolute Gasteiger partial charge is 0.497 e. The van der Waals surface area contributed by atoms with Crippen LogP contribution in [0.3, 0.4) is 0 Å². The van der Waals surface area contributed by atoms with Crippen molar-refractivity contribution in [2.75, 3.05) is 31.4 Å². The Morgan fingerprint density at radius 2 is 1.74 bits per heavy atom. The highest BCUT2D eigenvalue weighted by atomic mass is 16.5. The minimum atomic E-state index is -0.348. The first-order valence-electron chi connectivity index (χ1n) is 11.1. The number of amides is 1. The maximum Gasteiger partial charge on any atom is 0.230 e. The number of nitrogens with one attached hydrogen (secondary N) is 2. The molecule has 7 heteroatoms. The van der Waals surface area contributed by atoms with E-state index in [0.717, 1.165) is 61.2 Å². The molecule has 1 aromatic heterocycles. The number of aromatic nitrogens is 2. The molecular weight excluding hydrogens is 390 g/mol. The van der Waals surface area contributed by atoms with Gasteiger partial charge < -0.3 is 20.3 Å². The Kier molecular flexibility index (Phi) is 6.03. The van der Waals surface area contributed by atoms with Crippen molar-refractivity contribution in [1.82, 2.24) is 15.3 Å². The maximum absolute atomic E-state index is 13.1. The van der Waals surface area contributed by atoms with Crippen LogP contribution in [0.2, 0.25) is 0 Å². The van der Waals surface area contributed by atoms with E-state index >= 15 is 0 Å². The summed E-state index contributed by atoms with van der Waals surface area (Å²) in [6.07, 6.45) is 7.62. The van der Waals surface area contributed by atoms with Gasteiger partial charge in [0.2, 0.25) is 11.9 Å². The molecule has 0 aliphatic heterocycles. The second kappa shape index (κ2) is 8.73. The number of methoxy groups -OCH3 is 1. The van der Waals surface area contributed by atoms with Crippen molar-refractivity contribution in [2.24, 2.45) is 0 Å². The molecule has 2 aliphatic carbocycles. The number of carbonyl (C=O) groups is 1. The van der Waals surface area contributed by atoms with E-state index in [1.54, 1.807) is 7.11 Å². The summed E-state index contributed by atoms with van der Waals surface area (Å²) in [5.41, 5.74) is 1.81. The van der Waals surface area contributed by atoms with Crippen LogP contribution in [0.4, 0.5) is 11.8 Å². The van der Waals surface area contributed by atoms with Crippen molar-refractivity contribution in [3.05, 3.63) is 41.6 Å². The molecule has 166 valence electrons. The number of rotatable bonds is 7. The van der Waals surface area contributed by atoms with Crippen LogP contribution in [0.1, 0.15) is 49.7 Å².